The van der Waals surface area contributed by atoms with Crippen molar-refractivity contribution in [2.24, 2.45) is 0 Å². The van der Waals surface area contributed by atoms with Gasteiger partial charge in [0, 0.05) is 30.9 Å². The monoisotopic (exact) mass is 350 g/mol. The summed E-state index contributed by atoms with van der Waals surface area (Å²) in [5.41, 5.74) is 7.29. The summed E-state index contributed by atoms with van der Waals surface area (Å²) >= 11 is 0. The van der Waals surface area contributed by atoms with Crippen LogP contribution in [0.5, 0.6) is 0 Å². The lowest BCUT2D eigenvalue weighted by molar-refractivity contribution is 0.0954. The number of nitrogens with zero attached hydrogens (tertiary/aromatic N) is 1. The Morgan fingerprint density at radius 2 is 1.96 bits per heavy atom. The molecule has 0 atom stereocenters. The molecule has 26 heavy (non-hydrogen) atoms. The topological polar surface area (TPSA) is 32.3 Å². The van der Waals surface area contributed by atoms with E-state index in [9.17, 15) is 4.79 Å². The van der Waals surface area contributed by atoms with Gasteiger partial charge >= 0.3 is 0 Å². The fourth-order valence-electron chi connectivity index (χ4n) is 3.69. The lowest BCUT2D eigenvalue weighted by atomic mass is 9.98. The Kier molecular flexibility index (Phi) is 5.97. The van der Waals surface area contributed by atoms with E-state index >= 15 is 0 Å². The molecule has 2 aromatic rings. The lowest BCUT2D eigenvalue weighted by Gasteiger charge is -2.31. The summed E-state index contributed by atoms with van der Waals surface area (Å²) in [6, 6.07) is 12.7. The first kappa shape index (κ1) is 18.5. The second-order valence-electron chi connectivity index (χ2n) is 7.36. The van der Waals surface area contributed by atoms with E-state index in [-0.39, 0.29) is 5.91 Å². The number of aryl methyl sites for hydroxylation is 3. The van der Waals surface area contributed by atoms with E-state index in [4.69, 9.17) is 0 Å². The highest BCUT2D eigenvalue weighted by atomic mass is 16.1. The van der Waals surface area contributed by atoms with Crippen molar-refractivity contribution < 1.29 is 4.79 Å². The molecule has 0 saturated heterocycles. The Balaban J connectivity index is 1.58. The van der Waals surface area contributed by atoms with Crippen molar-refractivity contribution in [3.8, 4) is 0 Å². The third-order valence-corrected chi connectivity index (χ3v) is 5.32. The molecule has 1 aliphatic rings. The van der Waals surface area contributed by atoms with E-state index in [1.807, 2.05) is 25.1 Å². The number of anilines is 1. The van der Waals surface area contributed by atoms with Gasteiger partial charge in [0.15, 0.2) is 0 Å². The fraction of sp³-hybridized carbons (Fsp3) is 0.435. The molecule has 0 radical (unpaired) electrons. The van der Waals surface area contributed by atoms with Crippen LogP contribution in [0, 0.1) is 13.8 Å². The van der Waals surface area contributed by atoms with E-state index in [2.05, 4.69) is 42.3 Å². The number of carbonyl (C=O) groups excluding carboxylic acids is 1. The van der Waals surface area contributed by atoms with E-state index in [1.165, 1.54) is 48.2 Å². The van der Waals surface area contributed by atoms with E-state index in [0.29, 0.717) is 6.54 Å². The van der Waals surface area contributed by atoms with Crippen LogP contribution in [0.25, 0.3) is 0 Å². The molecule has 1 N–H and O–H groups in total. The summed E-state index contributed by atoms with van der Waals surface area (Å²) < 4.78 is 0. The highest BCUT2D eigenvalue weighted by Crippen LogP contribution is 2.28. The number of carbonyl (C=O) groups is 1. The molecule has 0 aliphatic carbocycles. The second kappa shape index (κ2) is 8.39. The van der Waals surface area contributed by atoms with Gasteiger partial charge in [-0.05, 0) is 80.0 Å². The maximum absolute atomic E-state index is 12.3. The molecule has 0 spiro atoms. The first-order valence-corrected chi connectivity index (χ1v) is 9.80. The summed E-state index contributed by atoms with van der Waals surface area (Å²) in [5, 5.41) is 3.05. The number of nitrogens with one attached hydrogen (secondary N) is 1. The number of rotatable bonds is 6. The Labute approximate surface area is 157 Å². The lowest BCUT2D eigenvalue weighted by Crippen LogP contribution is -2.30. The van der Waals surface area contributed by atoms with Crippen molar-refractivity contribution in [1.82, 2.24) is 5.32 Å². The van der Waals surface area contributed by atoms with Gasteiger partial charge in [-0.15, -0.1) is 0 Å². The smallest absolute Gasteiger partial charge is 0.251 e. The third kappa shape index (κ3) is 4.27. The van der Waals surface area contributed by atoms with Crippen LogP contribution in [0.15, 0.2) is 36.4 Å². The van der Waals surface area contributed by atoms with E-state index in [0.717, 1.165) is 24.1 Å². The van der Waals surface area contributed by atoms with Gasteiger partial charge in [0.1, 0.15) is 0 Å². The molecular formula is C23H30N2O. The summed E-state index contributed by atoms with van der Waals surface area (Å²) in [4.78, 5) is 14.8. The minimum absolute atomic E-state index is 0.0141. The molecule has 1 amide bonds. The molecular weight excluding hydrogens is 320 g/mol. The normalized spacial score (nSPS) is 13.4. The van der Waals surface area contributed by atoms with Crippen LogP contribution in [0.4, 0.5) is 5.69 Å². The van der Waals surface area contributed by atoms with Crippen LogP contribution >= 0.6 is 0 Å². The molecule has 0 fully saturated rings. The van der Waals surface area contributed by atoms with Crippen molar-refractivity contribution in [3.05, 3.63) is 64.2 Å². The Hall–Kier alpha value is -2.29. The standard InChI is InChI=1S/C23H30N2O/c1-4-13-25-14-5-6-20-16-19(8-10-22(20)25)11-12-24-23(26)21-9-7-17(2)18(3)15-21/h7-10,15-16H,4-6,11-14H2,1-3H3,(H,24,26). The van der Waals surface area contributed by atoms with Crippen LogP contribution in [-0.4, -0.2) is 25.5 Å². The number of benzene rings is 2. The molecule has 3 rings (SSSR count). The average molecular weight is 351 g/mol. The summed E-state index contributed by atoms with van der Waals surface area (Å²) in [6.07, 6.45) is 4.46. The molecule has 0 unspecified atom stereocenters. The average Bonchev–Trinajstić information content (AvgIpc) is 2.64. The minimum Gasteiger partial charge on any atom is -0.371 e. The Morgan fingerprint density at radius 1 is 1.12 bits per heavy atom. The number of hydrogen-bond acceptors (Lipinski definition) is 2. The molecule has 3 nitrogen and oxygen atoms in total. The van der Waals surface area contributed by atoms with Crippen molar-refractivity contribution in [1.29, 1.82) is 0 Å². The van der Waals surface area contributed by atoms with Crippen molar-refractivity contribution >= 4 is 11.6 Å². The zero-order valence-electron chi connectivity index (χ0n) is 16.3. The van der Waals surface area contributed by atoms with E-state index < -0.39 is 0 Å². The van der Waals surface area contributed by atoms with E-state index in [1.54, 1.807) is 0 Å². The SMILES string of the molecule is CCCN1CCCc2cc(CCNC(=O)c3ccc(C)c(C)c3)ccc21. The Bertz CT molecular complexity index is 782. The first-order chi connectivity index (χ1) is 12.6. The summed E-state index contributed by atoms with van der Waals surface area (Å²) in [5.74, 6) is 0.0141. The molecule has 2 aromatic carbocycles. The van der Waals surface area contributed by atoms with Gasteiger partial charge in [-0.3, -0.25) is 4.79 Å². The fourth-order valence-corrected chi connectivity index (χ4v) is 3.69. The largest absolute Gasteiger partial charge is 0.371 e. The molecule has 3 heteroatoms. The molecule has 0 aromatic heterocycles. The zero-order chi connectivity index (χ0) is 18.5. The molecule has 138 valence electrons. The third-order valence-electron chi connectivity index (χ3n) is 5.32. The van der Waals surface area contributed by atoms with Crippen LogP contribution in [0.3, 0.4) is 0 Å². The minimum atomic E-state index is 0.0141. The number of fused-ring (bicyclic) bond motifs is 1. The maximum Gasteiger partial charge on any atom is 0.251 e. The Morgan fingerprint density at radius 3 is 2.73 bits per heavy atom. The molecule has 0 bridgehead atoms. The number of hydrogen-bond donors (Lipinski definition) is 1. The predicted molar refractivity (Wildman–Crippen MR) is 109 cm³/mol. The quantitative estimate of drug-likeness (QED) is 0.835. The molecule has 1 heterocycles. The summed E-state index contributed by atoms with van der Waals surface area (Å²) in [6.45, 7) is 9.32. The second-order valence-corrected chi connectivity index (χ2v) is 7.36. The zero-order valence-corrected chi connectivity index (χ0v) is 16.3. The van der Waals surface area contributed by atoms with Gasteiger partial charge in [0.05, 0.1) is 0 Å². The predicted octanol–water partition coefficient (Wildman–Crippen LogP) is 4.44. The van der Waals surface area contributed by atoms with Crippen LogP contribution in [-0.2, 0) is 12.8 Å². The van der Waals surface area contributed by atoms with Gasteiger partial charge in [-0.2, -0.15) is 0 Å². The van der Waals surface area contributed by atoms with Gasteiger partial charge in [0.2, 0.25) is 0 Å². The first-order valence-electron chi connectivity index (χ1n) is 9.80. The van der Waals surface area contributed by atoms with Crippen LogP contribution < -0.4 is 10.2 Å². The van der Waals surface area contributed by atoms with Crippen molar-refractivity contribution in [2.45, 2.75) is 46.5 Å². The molecule has 1 aliphatic heterocycles. The van der Waals surface area contributed by atoms with Crippen LogP contribution in [0.1, 0.15) is 52.4 Å². The maximum atomic E-state index is 12.3. The van der Waals surface area contributed by atoms with Crippen molar-refractivity contribution in [2.75, 3.05) is 24.5 Å². The highest BCUT2D eigenvalue weighted by Gasteiger charge is 2.16. The van der Waals surface area contributed by atoms with Gasteiger partial charge in [-0.25, -0.2) is 0 Å². The number of amides is 1. The summed E-state index contributed by atoms with van der Waals surface area (Å²) in [7, 11) is 0. The van der Waals surface area contributed by atoms with Gasteiger partial charge in [0.25, 0.3) is 5.91 Å². The van der Waals surface area contributed by atoms with Crippen molar-refractivity contribution in [3.63, 3.8) is 0 Å². The van der Waals surface area contributed by atoms with Gasteiger partial charge < -0.3 is 10.2 Å². The molecule has 0 saturated carbocycles. The highest BCUT2D eigenvalue weighted by molar-refractivity contribution is 5.94. The van der Waals surface area contributed by atoms with Crippen LogP contribution in [0.2, 0.25) is 0 Å². The van der Waals surface area contributed by atoms with Gasteiger partial charge in [-0.1, -0.05) is 25.1 Å².